The van der Waals surface area contributed by atoms with Gasteiger partial charge in [-0.3, -0.25) is 5.84 Å². The van der Waals surface area contributed by atoms with Crippen molar-refractivity contribution in [3.8, 4) is 0 Å². The van der Waals surface area contributed by atoms with Gasteiger partial charge in [-0.1, -0.05) is 24.3 Å². The molecule has 1 rings (SSSR count). The van der Waals surface area contributed by atoms with Crippen molar-refractivity contribution < 1.29 is 5.11 Å². The molecule has 1 atom stereocenters. The Labute approximate surface area is 59.5 Å². The minimum Gasteiger partial charge on any atom is -0.384 e. The Kier molecular flexibility index (Phi) is 2.25. The summed E-state index contributed by atoms with van der Waals surface area (Å²) in [5, 5.41) is 9.20. The second kappa shape index (κ2) is 3.20. The Bertz CT molecular complexity index is 194. The molecule has 3 heteroatoms. The fourth-order valence-electron chi connectivity index (χ4n) is 0.775. The molecule has 0 saturated carbocycles. The number of rotatable bonds is 1. The van der Waals surface area contributed by atoms with Crippen LogP contribution in [0.2, 0.25) is 0 Å². The van der Waals surface area contributed by atoms with E-state index in [1.54, 1.807) is 24.4 Å². The SMILES string of the molecule is NNC=C1C=CC=CC1O. The first-order chi connectivity index (χ1) is 4.84. The average molecular weight is 138 g/mol. The molecule has 0 fully saturated rings. The maximum atomic E-state index is 9.20. The molecule has 0 saturated heterocycles. The van der Waals surface area contributed by atoms with Crippen molar-refractivity contribution in [3.05, 3.63) is 36.1 Å². The lowest BCUT2D eigenvalue weighted by atomic mass is 10.1. The number of aliphatic hydroxyl groups is 1. The number of nitrogens with one attached hydrogen (secondary N) is 1. The zero-order valence-electron chi connectivity index (χ0n) is 5.49. The summed E-state index contributed by atoms with van der Waals surface area (Å²) in [5.41, 5.74) is 3.13. The third kappa shape index (κ3) is 1.46. The van der Waals surface area contributed by atoms with E-state index in [-0.39, 0.29) is 0 Å². The highest BCUT2D eigenvalue weighted by Crippen LogP contribution is 2.09. The van der Waals surface area contributed by atoms with E-state index >= 15 is 0 Å². The van der Waals surface area contributed by atoms with Gasteiger partial charge < -0.3 is 10.5 Å². The van der Waals surface area contributed by atoms with Crippen molar-refractivity contribution in [2.45, 2.75) is 6.10 Å². The van der Waals surface area contributed by atoms with Crippen LogP contribution < -0.4 is 11.3 Å². The van der Waals surface area contributed by atoms with Gasteiger partial charge in [0, 0.05) is 11.8 Å². The van der Waals surface area contributed by atoms with Crippen molar-refractivity contribution in [2.24, 2.45) is 5.84 Å². The van der Waals surface area contributed by atoms with Gasteiger partial charge in [-0.25, -0.2) is 0 Å². The Balaban J connectivity index is 2.70. The van der Waals surface area contributed by atoms with Crippen molar-refractivity contribution in [3.63, 3.8) is 0 Å². The van der Waals surface area contributed by atoms with Gasteiger partial charge in [-0.15, -0.1) is 0 Å². The smallest absolute Gasteiger partial charge is 0.0989 e. The van der Waals surface area contributed by atoms with Gasteiger partial charge in [0.15, 0.2) is 0 Å². The minimum absolute atomic E-state index is 0.527. The lowest BCUT2D eigenvalue weighted by Gasteiger charge is -2.09. The number of nitrogens with two attached hydrogens (primary N) is 1. The van der Waals surface area contributed by atoms with Crippen LogP contribution in [0.5, 0.6) is 0 Å². The molecule has 0 aliphatic heterocycles. The summed E-state index contributed by atoms with van der Waals surface area (Å²) < 4.78 is 0. The van der Waals surface area contributed by atoms with E-state index in [0.717, 1.165) is 5.57 Å². The molecule has 0 aromatic carbocycles. The predicted molar refractivity (Wildman–Crippen MR) is 39.7 cm³/mol. The summed E-state index contributed by atoms with van der Waals surface area (Å²) >= 11 is 0. The van der Waals surface area contributed by atoms with E-state index < -0.39 is 6.10 Å². The summed E-state index contributed by atoms with van der Waals surface area (Å²) in [7, 11) is 0. The van der Waals surface area contributed by atoms with E-state index in [9.17, 15) is 5.11 Å². The minimum atomic E-state index is -0.527. The fraction of sp³-hybridized carbons (Fsp3) is 0.143. The van der Waals surface area contributed by atoms with Crippen LogP contribution in [0.4, 0.5) is 0 Å². The molecule has 1 unspecified atom stereocenters. The van der Waals surface area contributed by atoms with Crippen molar-refractivity contribution in [1.82, 2.24) is 5.43 Å². The number of hydrogen-bond acceptors (Lipinski definition) is 3. The zero-order chi connectivity index (χ0) is 7.40. The van der Waals surface area contributed by atoms with Gasteiger partial charge in [-0.05, 0) is 0 Å². The van der Waals surface area contributed by atoms with Gasteiger partial charge >= 0.3 is 0 Å². The standard InChI is InChI=1S/C7H10N2O/c8-9-5-6-3-1-2-4-7(6)10/h1-5,7,9-10H,8H2. The first kappa shape index (κ1) is 7.05. The molecule has 0 spiro atoms. The Morgan fingerprint density at radius 1 is 1.60 bits per heavy atom. The van der Waals surface area contributed by atoms with E-state index in [1.807, 2.05) is 6.08 Å². The predicted octanol–water partition coefficient (Wildman–Crippen LogP) is -0.179. The van der Waals surface area contributed by atoms with Crippen LogP contribution in [-0.2, 0) is 0 Å². The maximum Gasteiger partial charge on any atom is 0.0989 e. The first-order valence-corrected chi connectivity index (χ1v) is 3.03. The molecule has 10 heavy (non-hydrogen) atoms. The summed E-state index contributed by atoms with van der Waals surface area (Å²) in [6.45, 7) is 0. The normalized spacial score (nSPS) is 27.4. The highest BCUT2D eigenvalue weighted by Gasteiger charge is 2.04. The molecule has 3 nitrogen and oxygen atoms in total. The molecule has 54 valence electrons. The molecular weight excluding hydrogens is 128 g/mol. The van der Waals surface area contributed by atoms with E-state index in [4.69, 9.17) is 5.84 Å². The van der Waals surface area contributed by atoms with E-state index in [2.05, 4.69) is 5.43 Å². The summed E-state index contributed by atoms with van der Waals surface area (Å²) in [6.07, 6.45) is 8.15. The van der Waals surface area contributed by atoms with Gasteiger partial charge in [0.1, 0.15) is 0 Å². The molecule has 0 bridgehead atoms. The van der Waals surface area contributed by atoms with Crippen molar-refractivity contribution >= 4 is 0 Å². The fourth-order valence-corrected chi connectivity index (χ4v) is 0.775. The molecule has 0 radical (unpaired) electrons. The van der Waals surface area contributed by atoms with Gasteiger partial charge in [-0.2, -0.15) is 0 Å². The second-order valence-corrected chi connectivity index (χ2v) is 2.00. The van der Waals surface area contributed by atoms with Crippen LogP contribution >= 0.6 is 0 Å². The van der Waals surface area contributed by atoms with Crippen LogP contribution in [0.3, 0.4) is 0 Å². The molecular formula is C7H10N2O. The monoisotopic (exact) mass is 138 g/mol. The highest BCUT2D eigenvalue weighted by atomic mass is 16.3. The largest absolute Gasteiger partial charge is 0.384 e. The van der Waals surface area contributed by atoms with Gasteiger partial charge in [0.05, 0.1) is 6.10 Å². The third-order valence-electron chi connectivity index (χ3n) is 1.28. The Morgan fingerprint density at radius 2 is 2.40 bits per heavy atom. The van der Waals surface area contributed by atoms with Crippen LogP contribution in [0.1, 0.15) is 0 Å². The summed E-state index contributed by atoms with van der Waals surface area (Å²) in [6, 6.07) is 0. The molecule has 1 aliphatic carbocycles. The average Bonchev–Trinajstić information content (AvgIpc) is 1.94. The Morgan fingerprint density at radius 3 is 3.00 bits per heavy atom. The number of allylic oxidation sites excluding steroid dienone is 2. The van der Waals surface area contributed by atoms with Crippen LogP contribution in [-0.4, -0.2) is 11.2 Å². The third-order valence-corrected chi connectivity index (χ3v) is 1.28. The molecule has 0 amide bonds. The lowest BCUT2D eigenvalue weighted by molar-refractivity contribution is 0.261. The van der Waals surface area contributed by atoms with Crippen LogP contribution in [0.25, 0.3) is 0 Å². The quantitative estimate of drug-likeness (QED) is 0.348. The molecule has 0 aromatic rings. The lowest BCUT2D eigenvalue weighted by Crippen LogP contribution is -2.18. The first-order valence-electron chi connectivity index (χ1n) is 3.03. The van der Waals surface area contributed by atoms with Gasteiger partial charge in [0.2, 0.25) is 0 Å². The molecule has 0 aromatic heterocycles. The van der Waals surface area contributed by atoms with Crippen molar-refractivity contribution in [1.29, 1.82) is 0 Å². The number of hydrogen-bond donors (Lipinski definition) is 3. The van der Waals surface area contributed by atoms with E-state index in [1.165, 1.54) is 0 Å². The maximum absolute atomic E-state index is 9.20. The topological polar surface area (TPSA) is 58.3 Å². The molecule has 1 aliphatic rings. The van der Waals surface area contributed by atoms with Gasteiger partial charge in [0.25, 0.3) is 0 Å². The van der Waals surface area contributed by atoms with Crippen molar-refractivity contribution in [2.75, 3.05) is 0 Å². The van der Waals surface area contributed by atoms with Crippen LogP contribution in [0.15, 0.2) is 36.1 Å². The zero-order valence-corrected chi connectivity index (χ0v) is 5.49. The summed E-state index contributed by atoms with van der Waals surface area (Å²) in [5.74, 6) is 5.03. The number of aliphatic hydroxyl groups excluding tert-OH is 1. The second-order valence-electron chi connectivity index (χ2n) is 2.00. The molecule has 0 heterocycles. The molecule has 4 N–H and O–H groups in total. The Hall–Kier alpha value is -1.06. The van der Waals surface area contributed by atoms with Crippen LogP contribution in [0, 0.1) is 0 Å². The highest BCUT2D eigenvalue weighted by molar-refractivity contribution is 5.33. The number of hydrazine groups is 1. The summed E-state index contributed by atoms with van der Waals surface area (Å²) in [4.78, 5) is 0. The van der Waals surface area contributed by atoms with E-state index in [0.29, 0.717) is 0 Å².